The van der Waals surface area contributed by atoms with Crippen LogP contribution in [0.5, 0.6) is 0 Å². The molecule has 3 aliphatic rings. The molecule has 1 aliphatic heterocycles. The van der Waals surface area contributed by atoms with Gasteiger partial charge in [0.2, 0.25) is 0 Å². The molecule has 2 nitrogen and oxygen atoms in total. The predicted octanol–water partition coefficient (Wildman–Crippen LogP) is 16.5. The molecular formula is C66H66BN2. The lowest BCUT2D eigenvalue weighted by Crippen LogP contribution is -2.38. The minimum absolute atomic E-state index is 0.00876. The molecule has 0 bridgehead atoms. The van der Waals surface area contributed by atoms with E-state index in [1.165, 1.54) is 134 Å². The summed E-state index contributed by atoms with van der Waals surface area (Å²) in [5.41, 5.74) is 26.0. The van der Waals surface area contributed by atoms with Gasteiger partial charge in [-0.2, -0.15) is 0 Å². The summed E-state index contributed by atoms with van der Waals surface area (Å²) in [6, 6.07) is 52.1. The molecule has 0 spiro atoms. The molecule has 12 rings (SSSR count). The van der Waals surface area contributed by atoms with E-state index in [4.69, 9.17) is 0 Å². The topological polar surface area (TPSA) is 17.0 Å². The lowest BCUT2D eigenvalue weighted by Gasteiger charge is -2.42. The first-order valence-electron chi connectivity index (χ1n) is 25.5. The third kappa shape index (κ3) is 6.66. The molecule has 0 unspecified atom stereocenters. The van der Waals surface area contributed by atoms with Crippen molar-refractivity contribution in [1.82, 2.24) is 4.57 Å². The molecule has 1 radical (unpaired) electrons. The number of hydrogen-bond acceptors (Lipinski definition) is 1. The minimum Gasteiger partial charge on any atom is -0.355 e. The van der Waals surface area contributed by atoms with E-state index in [2.05, 4.69) is 241 Å². The van der Waals surface area contributed by atoms with Crippen LogP contribution in [0.1, 0.15) is 135 Å². The Kier molecular flexibility index (Phi) is 9.30. The molecule has 0 saturated carbocycles. The highest BCUT2D eigenvalue weighted by Crippen LogP contribution is 2.57. The van der Waals surface area contributed by atoms with Crippen molar-refractivity contribution in [2.75, 3.05) is 5.32 Å². The zero-order chi connectivity index (χ0) is 48.3. The molecule has 343 valence electrons. The van der Waals surface area contributed by atoms with Crippen molar-refractivity contribution in [1.29, 1.82) is 0 Å². The SMILES string of the molecule is Cc1ccc(Nc2cc3c(cc2-c2cc(-c4ccc(C(C)(C)C)cc4)c4c5ccc6ccccc6c5n5c4c2[B]c2cc(C(C)(C)C)ccc2-5)C(C)(C)c2cc4c(cc2-3)C(C)(C)CCC4(C)C)cc1. The largest absolute Gasteiger partial charge is 0.355 e. The van der Waals surface area contributed by atoms with Crippen molar-refractivity contribution in [3.8, 4) is 39.1 Å². The fraction of sp³-hybridized carbons (Fsp3) is 0.303. The smallest absolute Gasteiger partial charge is 0.197 e. The van der Waals surface area contributed by atoms with Crippen LogP contribution >= 0.6 is 0 Å². The Hall–Kier alpha value is -6.32. The molecule has 0 amide bonds. The van der Waals surface area contributed by atoms with Gasteiger partial charge in [-0.05, 0) is 156 Å². The van der Waals surface area contributed by atoms with E-state index in [1.807, 2.05) is 0 Å². The summed E-state index contributed by atoms with van der Waals surface area (Å²) >= 11 is 0. The Labute approximate surface area is 411 Å². The monoisotopic (exact) mass is 898 g/mol. The molecule has 1 N–H and O–H groups in total. The minimum atomic E-state index is -0.215. The van der Waals surface area contributed by atoms with Gasteiger partial charge in [0.15, 0.2) is 7.28 Å². The fourth-order valence-corrected chi connectivity index (χ4v) is 12.4. The summed E-state index contributed by atoms with van der Waals surface area (Å²) in [5, 5.41) is 9.18. The van der Waals surface area contributed by atoms with Gasteiger partial charge < -0.3 is 9.88 Å². The molecule has 3 heteroatoms. The van der Waals surface area contributed by atoms with Crippen LogP contribution in [0.25, 0.3) is 71.6 Å². The van der Waals surface area contributed by atoms with Gasteiger partial charge in [0.1, 0.15) is 0 Å². The first-order chi connectivity index (χ1) is 32.6. The standard InChI is InChI=1S/C66H66BN2/c1-38-18-26-43(27-19-38)68-56-36-48-47-34-53-54(65(10,11)31-30-64(53,8)9)37-52(47)66(12,13)51(48)35-49(56)50-33-46(40-20-23-41(24-21-40)62(2,3)4)58-45-28-22-39-16-14-15-17-44(39)60(45)69-57-29-25-42(63(5,6)7)32-55(57)67-59(50)61(58)69/h14-29,32-37,68H,30-31H2,1-13H3. The fourth-order valence-electron chi connectivity index (χ4n) is 12.4. The first kappa shape index (κ1) is 43.9. The van der Waals surface area contributed by atoms with Gasteiger partial charge in [0.25, 0.3) is 0 Å². The van der Waals surface area contributed by atoms with Gasteiger partial charge in [-0.1, -0.05) is 185 Å². The van der Waals surface area contributed by atoms with Crippen molar-refractivity contribution < 1.29 is 0 Å². The summed E-state index contributed by atoms with van der Waals surface area (Å²) < 4.78 is 2.63. The van der Waals surface area contributed by atoms with E-state index in [-0.39, 0.29) is 27.1 Å². The summed E-state index contributed by atoms with van der Waals surface area (Å²) in [7, 11) is 2.52. The summed E-state index contributed by atoms with van der Waals surface area (Å²) in [5.74, 6) is 0. The molecule has 1 aromatic heterocycles. The van der Waals surface area contributed by atoms with Gasteiger partial charge in [-0.15, -0.1) is 0 Å². The number of hydrogen-bond donors (Lipinski definition) is 1. The van der Waals surface area contributed by atoms with Crippen LogP contribution < -0.4 is 16.2 Å². The van der Waals surface area contributed by atoms with Gasteiger partial charge in [0.05, 0.1) is 5.52 Å². The van der Waals surface area contributed by atoms with Crippen molar-refractivity contribution in [2.45, 2.75) is 130 Å². The molecule has 2 heterocycles. The van der Waals surface area contributed by atoms with Crippen molar-refractivity contribution in [3.63, 3.8) is 0 Å². The Balaban J connectivity index is 1.22. The third-order valence-corrected chi connectivity index (χ3v) is 16.9. The van der Waals surface area contributed by atoms with Crippen molar-refractivity contribution >= 4 is 62.2 Å². The van der Waals surface area contributed by atoms with Crippen LogP contribution in [0, 0.1) is 6.92 Å². The number of rotatable bonds is 4. The highest BCUT2D eigenvalue weighted by Gasteiger charge is 2.43. The Bertz CT molecular complexity index is 3640. The zero-order valence-corrected chi connectivity index (χ0v) is 43.1. The number of fused-ring (bicyclic) bond motifs is 11. The molecule has 69 heavy (non-hydrogen) atoms. The van der Waals surface area contributed by atoms with Crippen LogP contribution in [0.3, 0.4) is 0 Å². The maximum absolute atomic E-state index is 4.07. The molecule has 2 aliphatic carbocycles. The van der Waals surface area contributed by atoms with E-state index in [9.17, 15) is 0 Å². The van der Waals surface area contributed by atoms with Crippen molar-refractivity contribution in [2.24, 2.45) is 0 Å². The Morgan fingerprint density at radius 2 is 1.14 bits per heavy atom. The quantitative estimate of drug-likeness (QED) is 0.174. The van der Waals surface area contributed by atoms with Crippen molar-refractivity contribution in [3.05, 3.63) is 172 Å². The number of nitrogens with one attached hydrogen (secondary N) is 1. The van der Waals surface area contributed by atoms with Crippen LogP contribution in [0.4, 0.5) is 11.4 Å². The highest BCUT2D eigenvalue weighted by atomic mass is 15.0. The van der Waals surface area contributed by atoms with Gasteiger partial charge in [-0.25, -0.2) is 0 Å². The average Bonchev–Trinajstić information content (AvgIpc) is 3.77. The maximum atomic E-state index is 4.07. The molecule has 0 saturated heterocycles. The van der Waals surface area contributed by atoms with Crippen LogP contribution in [-0.2, 0) is 27.1 Å². The lowest BCUT2D eigenvalue weighted by atomic mass is 9.58. The summed E-state index contributed by atoms with van der Waals surface area (Å²) in [4.78, 5) is 0. The average molecular weight is 898 g/mol. The van der Waals surface area contributed by atoms with E-state index in [0.717, 1.165) is 11.4 Å². The van der Waals surface area contributed by atoms with E-state index >= 15 is 0 Å². The second-order valence-corrected chi connectivity index (χ2v) is 24.9. The normalized spacial score (nSPS) is 16.2. The lowest BCUT2D eigenvalue weighted by molar-refractivity contribution is 0.331. The van der Waals surface area contributed by atoms with E-state index in [0.29, 0.717) is 0 Å². The zero-order valence-electron chi connectivity index (χ0n) is 43.1. The number of aromatic nitrogens is 1. The summed E-state index contributed by atoms with van der Waals surface area (Å²) in [6.45, 7) is 30.9. The maximum Gasteiger partial charge on any atom is 0.197 e. The first-order valence-corrected chi connectivity index (χ1v) is 25.5. The molecule has 9 aromatic rings. The molecule has 0 fully saturated rings. The second kappa shape index (κ2) is 14.6. The molecular weight excluding hydrogens is 832 g/mol. The number of aryl methyl sites for hydroxylation is 1. The Morgan fingerprint density at radius 1 is 0.522 bits per heavy atom. The number of nitrogens with zero attached hydrogens (tertiary/aromatic N) is 1. The highest BCUT2D eigenvalue weighted by molar-refractivity contribution is 6.73. The van der Waals surface area contributed by atoms with Crippen LogP contribution in [0.2, 0.25) is 0 Å². The molecule has 0 atom stereocenters. The number of anilines is 2. The molecule has 8 aromatic carbocycles. The van der Waals surface area contributed by atoms with Gasteiger partial charge in [-0.3, -0.25) is 0 Å². The van der Waals surface area contributed by atoms with Gasteiger partial charge >= 0.3 is 0 Å². The number of benzene rings is 8. The van der Waals surface area contributed by atoms with E-state index in [1.54, 1.807) is 0 Å². The Morgan fingerprint density at radius 3 is 1.84 bits per heavy atom. The third-order valence-electron chi connectivity index (χ3n) is 16.9. The van der Waals surface area contributed by atoms with Crippen LogP contribution in [0.15, 0.2) is 133 Å². The second-order valence-electron chi connectivity index (χ2n) is 24.9. The van der Waals surface area contributed by atoms with Gasteiger partial charge in [0, 0.05) is 49.7 Å². The summed E-state index contributed by atoms with van der Waals surface area (Å²) in [6.07, 6.45) is 2.39. The van der Waals surface area contributed by atoms with E-state index < -0.39 is 0 Å². The predicted molar refractivity (Wildman–Crippen MR) is 299 cm³/mol. The van der Waals surface area contributed by atoms with Crippen LogP contribution in [-0.4, -0.2) is 11.8 Å².